The Morgan fingerprint density at radius 3 is 2.48 bits per heavy atom. The number of rotatable bonds is 9. The molecule has 1 unspecified atom stereocenters. The van der Waals surface area contributed by atoms with Gasteiger partial charge in [-0.1, -0.05) is 60.7 Å². The number of benzene rings is 3. The van der Waals surface area contributed by atoms with Gasteiger partial charge < -0.3 is 19.6 Å². The molecule has 0 saturated heterocycles. The molecule has 1 aromatic heterocycles. The molecule has 31 heavy (non-hydrogen) atoms. The van der Waals surface area contributed by atoms with E-state index in [1.54, 1.807) is 18.2 Å². The van der Waals surface area contributed by atoms with Gasteiger partial charge in [0.2, 0.25) is 0 Å². The molecule has 0 saturated carbocycles. The van der Waals surface area contributed by atoms with Gasteiger partial charge in [-0.05, 0) is 36.2 Å². The average Bonchev–Trinajstić information content (AvgIpc) is 2.82. The molecule has 1 heterocycles. The molecule has 1 atom stereocenters. The molecule has 4 rings (SSSR count). The maximum Gasteiger partial charge on any atom is 0.200 e. The van der Waals surface area contributed by atoms with Crippen LogP contribution >= 0.6 is 0 Å². The van der Waals surface area contributed by atoms with Crippen LogP contribution in [-0.2, 0) is 6.42 Å². The zero-order chi connectivity index (χ0) is 21.5. The predicted octanol–water partition coefficient (Wildman–Crippen LogP) is 4.03. The van der Waals surface area contributed by atoms with Crippen molar-refractivity contribution in [3.8, 4) is 16.9 Å². The van der Waals surface area contributed by atoms with E-state index in [1.165, 1.54) is 11.8 Å². The van der Waals surface area contributed by atoms with Crippen molar-refractivity contribution in [2.45, 2.75) is 12.5 Å². The lowest BCUT2D eigenvalue weighted by Gasteiger charge is -2.13. The van der Waals surface area contributed by atoms with Gasteiger partial charge in [0.1, 0.15) is 30.3 Å². The fourth-order valence-electron chi connectivity index (χ4n) is 3.41. The monoisotopic (exact) mass is 415 g/mol. The van der Waals surface area contributed by atoms with Gasteiger partial charge in [-0.25, -0.2) is 0 Å². The molecule has 5 heteroatoms. The molecular formula is C26H25NO4. The number of fused-ring (bicyclic) bond motifs is 1. The van der Waals surface area contributed by atoms with Crippen LogP contribution in [0.2, 0.25) is 0 Å². The smallest absolute Gasteiger partial charge is 0.200 e. The molecule has 2 N–H and O–H groups in total. The first-order valence-electron chi connectivity index (χ1n) is 10.4. The number of hydrogen-bond acceptors (Lipinski definition) is 5. The maximum absolute atomic E-state index is 12.8. The van der Waals surface area contributed by atoms with E-state index in [-0.39, 0.29) is 12.0 Å². The molecule has 0 spiro atoms. The van der Waals surface area contributed by atoms with Crippen molar-refractivity contribution in [1.29, 1.82) is 0 Å². The van der Waals surface area contributed by atoms with Crippen molar-refractivity contribution < 1.29 is 14.3 Å². The molecule has 0 bridgehead atoms. The third-order valence-corrected chi connectivity index (χ3v) is 5.09. The zero-order valence-corrected chi connectivity index (χ0v) is 17.2. The third kappa shape index (κ3) is 5.40. The first kappa shape index (κ1) is 20.8. The Morgan fingerprint density at radius 2 is 1.71 bits per heavy atom. The van der Waals surface area contributed by atoms with E-state index in [2.05, 4.69) is 17.4 Å². The minimum absolute atomic E-state index is 0.0818. The molecular weight excluding hydrogens is 390 g/mol. The van der Waals surface area contributed by atoms with Crippen LogP contribution < -0.4 is 15.5 Å². The summed E-state index contributed by atoms with van der Waals surface area (Å²) in [6.07, 6.45) is 1.75. The van der Waals surface area contributed by atoms with Crippen LogP contribution in [0.4, 0.5) is 0 Å². The van der Waals surface area contributed by atoms with E-state index in [4.69, 9.17) is 9.15 Å². The molecule has 5 nitrogen and oxygen atoms in total. The van der Waals surface area contributed by atoms with Crippen LogP contribution in [-0.4, -0.2) is 30.9 Å². The highest BCUT2D eigenvalue weighted by Crippen LogP contribution is 2.23. The summed E-state index contributed by atoms with van der Waals surface area (Å²) < 4.78 is 11.4. The van der Waals surface area contributed by atoms with Crippen LogP contribution in [0.1, 0.15) is 5.56 Å². The summed E-state index contributed by atoms with van der Waals surface area (Å²) in [6.45, 7) is 1.37. The highest BCUT2D eigenvalue weighted by molar-refractivity contribution is 5.82. The van der Waals surface area contributed by atoms with Gasteiger partial charge in [-0.2, -0.15) is 0 Å². The second kappa shape index (κ2) is 10.1. The normalized spacial score (nSPS) is 12.0. The van der Waals surface area contributed by atoms with E-state index in [0.717, 1.165) is 18.5 Å². The first-order valence-corrected chi connectivity index (χ1v) is 10.4. The lowest BCUT2D eigenvalue weighted by atomic mass is 10.1. The van der Waals surface area contributed by atoms with Gasteiger partial charge in [-0.15, -0.1) is 0 Å². The van der Waals surface area contributed by atoms with Crippen molar-refractivity contribution in [2.75, 3.05) is 19.7 Å². The van der Waals surface area contributed by atoms with Crippen molar-refractivity contribution in [3.05, 3.63) is 101 Å². The van der Waals surface area contributed by atoms with E-state index >= 15 is 0 Å². The Morgan fingerprint density at radius 1 is 0.968 bits per heavy atom. The van der Waals surface area contributed by atoms with Crippen LogP contribution in [0, 0.1) is 0 Å². The first-order chi connectivity index (χ1) is 15.2. The van der Waals surface area contributed by atoms with E-state index in [0.29, 0.717) is 28.8 Å². The fraction of sp³-hybridized carbons (Fsp3) is 0.192. The summed E-state index contributed by atoms with van der Waals surface area (Å²) in [7, 11) is 0. The summed E-state index contributed by atoms with van der Waals surface area (Å²) in [5.74, 6) is 0.548. The molecule has 0 aliphatic heterocycles. The topological polar surface area (TPSA) is 71.7 Å². The fourth-order valence-corrected chi connectivity index (χ4v) is 3.41. The Balaban J connectivity index is 1.32. The maximum atomic E-state index is 12.8. The second-order valence-corrected chi connectivity index (χ2v) is 7.41. The second-order valence-electron chi connectivity index (χ2n) is 7.41. The number of aliphatic hydroxyl groups is 1. The lowest BCUT2D eigenvalue weighted by Crippen LogP contribution is -2.32. The molecule has 0 amide bonds. The number of hydrogen-bond donors (Lipinski definition) is 2. The molecule has 0 radical (unpaired) electrons. The molecule has 3 aromatic carbocycles. The van der Waals surface area contributed by atoms with Crippen LogP contribution in [0.15, 0.2) is 94.3 Å². The Labute approximate surface area is 180 Å². The van der Waals surface area contributed by atoms with E-state index in [9.17, 15) is 9.90 Å². The Bertz CT molecular complexity index is 1170. The van der Waals surface area contributed by atoms with Gasteiger partial charge in [0.15, 0.2) is 5.43 Å². The Kier molecular flexibility index (Phi) is 6.77. The SMILES string of the molecule is O=c1c(-c2ccccc2)coc2cc(OCC(O)CNCCc3ccccc3)ccc12. The summed E-state index contributed by atoms with van der Waals surface area (Å²) >= 11 is 0. The lowest BCUT2D eigenvalue weighted by molar-refractivity contribution is 0.106. The summed E-state index contributed by atoms with van der Waals surface area (Å²) in [5.41, 5.74) is 2.98. The quantitative estimate of drug-likeness (QED) is 0.404. The summed E-state index contributed by atoms with van der Waals surface area (Å²) in [5, 5.41) is 13.9. The summed E-state index contributed by atoms with van der Waals surface area (Å²) in [6, 6.07) is 24.8. The van der Waals surface area contributed by atoms with Crippen molar-refractivity contribution in [2.24, 2.45) is 0 Å². The predicted molar refractivity (Wildman–Crippen MR) is 122 cm³/mol. The Hall–Kier alpha value is -3.41. The van der Waals surface area contributed by atoms with Crippen molar-refractivity contribution in [1.82, 2.24) is 5.32 Å². The van der Waals surface area contributed by atoms with E-state index < -0.39 is 6.10 Å². The largest absolute Gasteiger partial charge is 0.491 e. The number of aliphatic hydroxyl groups excluding tert-OH is 1. The molecule has 0 aliphatic carbocycles. The number of nitrogens with one attached hydrogen (secondary N) is 1. The van der Waals surface area contributed by atoms with Gasteiger partial charge in [0.25, 0.3) is 0 Å². The highest BCUT2D eigenvalue weighted by Gasteiger charge is 2.11. The number of ether oxygens (including phenoxy) is 1. The molecule has 158 valence electrons. The van der Waals surface area contributed by atoms with Crippen LogP contribution in [0.3, 0.4) is 0 Å². The molecule has 4 aromatic rings. The van der Waals surface area contributed by atoms with Gasteiger partial charge in [0.05, 0.1) is 10.9 Å². The highest BCUT2D eigenvalue weighted by atomic mass is 16.5. The summed E-state index contributed by atoms with van der Waals surface area (Å²) in [4.78, 5) is 12.8. The minimum Gasteiger partial charge on any atom is -0.491 e. The zero-order valence-electron chi connectivity index (χ0n) is 17.2. The van der Waals surface area contributed by atoms with Gasteiger partial charge in [-0.3, -0.25) is 4.79 Å². The van der Waals surface area contributed by atoms with Crippen LogP contribution in [0.25, 0.3) is 22.1 Å². The van der Waals surface area contributed by atoms with E-state index in [1.807, 2.05) is 48.5 Å². The molecule has 0 fully saturated rings. The van der Waals surface area contributed by atoms with Crippen molar-refractivity contribution in [3.63, 3.8) is 0 Å². The van der Waals surface area contributed by atoms with Gasteiger partial charge in [0, 0.05) is 12.6 Å². The third-order valence-electron chi connectivity index (χ3n) is 5.09. The standard InChI is InChI=1S/C26H25NO4/c28-21(16-27-14-13-19-7-3-1-4-8-19)17-30-22-11-12-23-25(15-22)31-18-24(26(23)29)20-9-5-2-6-10-20/h1-12,15,18,21,27-28H,13-14,16-17H2. The van der Waals surface area contributed by atoms with Crippen LogP contribution in [0.5, 0.6) is 5.75 Å². The van der Waals surface area contributed by atoms with Gasteiger partial charge >= 0.3 is 0 Å². The van der Waals surface area contributed by atoms with Crippen molar-refractivity contribution >= 4 is 11.0 Å². The molecule has 0 aliphatic rings. The average molecular weight is 415 g/mol. The minimum atomic E-state index is -0.640.